The molecule has 2 rings (SSSR count). The van der Waals surface area contributed by atoms with Crippen molar-refractivity contribution in [1.82, 2.24) is 5.32 Å². The van der Waals surface area contributed by atoms with Gasteiger partial charge < -0.3 is 10.4 Å². The molecule has 1 amide bonds. The Morgan fingerprint density at radius 2 is 2.06 bits per heavy atom. The summed E-state index contributed by atoms with van der Waals surface area (Å²) in [4.78, 5) is 12.7. The highest BCUT2D eigenvalue weighted by molar-refractivity contribution is 8.00. The lowest BCUT2D eigenvalue weighted by Gasteiger charge is -2.12. The molecule has 1 aliphatic rings. The molecule has 3 nitrogen and oxygen atoms in total. The van der Waals surface area contributed by atoms with Crippen molar-refractivity contribution < 1.29 is 9.90 Å². The minimum Gasteiger partial charge on any atom is -0.396 e. The van der Waals surface area contributed by atoms with E-state index in [-0.39, 0.29) is 17.9 Å². The van der Waals surface area contributed by atoms with Crippen molar-refractivity contribution in [2.45, 2.75) is 17.7 Å². The molecule has 1 aromatic rings. The molecule has 17 heavy (non-hydrogen) atoms. The first kappa shape index (κ1) is 12.5. The summed E-state index contributed by atoms with van der Waals surface area (Å²) in [7, 11) is 0. The second-order valence-electron chi connectivity index (χ2n) is 4.54. The summed E-state index contributed by atoms with van der Waals surface area (Å²) >= 11 is 1.53. The second kappa shape index (κ2) is 5.56. The fourth-order valence-electron chi connectivity index (χ4n) is 1.57. The number of carbonyl (C=O) groups excluding carboxylic acids is 1. The van der Waals surface area contributed by atoms with Crippen molar-refractivity contribution in [2.75, 3.05) is 18.9 Å². The van der Waals surface area contributed by atoms with E-state index in [2.05, 4.69) is 5.32 Å². The van der Waals surface area contributed by atoms with Crippen LogP contribution in [-0.4, -0.2) is 29.9 Å². The van der Waals surface area contributed by atoms with Crippen LogP contribution in [0.2, 0.25) is 0 Å². The van der Waals surface area contributed by atoms with Crippen LogP contribution >= 0.6 is 11.8 Å². The molecule has 1 saturated carbocycles. The maximum absolute atomic E-state index is 11.6. The number of rotatable bonds is 6. The van der Waals surface area contributed by atoms with E-state index < -0.39 is 0 Å². The summed E-state index contributed by atoms with van der Waals surface area (Å²) in [6.07, 6.45) is 2.05. The number of aliphatic hydroxyl groups is 1. The number of hydrogen-bond donors (Lipinski definition) is 2. The summed E-state index contributed by atoms with van der Waals surface area (Å²) in [5.41, 5.74) is -0.00687. The molecule has 2 N–H and O–H groups in total. The molecular weight excluding hydrogens is 234 g/mol. The molecule has 0 unspecified atom stereocenters. The summed E-state index contributed by atoms with van der Waals surface area (Å²) in [6, 6.07) is 9.88. The van der Waals surface area contributed by atoms with Gasteiger partial charge in [0, 0.05) is 16.9 Å². The number of hydrogen-bond acceptors (Lipinski definition) is 3. The number of nitrogens with one attached hydrogen (secondary N) is 1. The Morgan fingerprint density at radius 1 is 1.35 bits per heavy atom. The lowest BCUT2D eigenvalue weighted by molar-refractivity contribution is -0.118. The molecular formula is C13H17NO2S. The van der Waals surface area contributed by atoms with Crippen molar-refractivity contribution in [1.29, 1.82) is 0 Å². The number of carbonyl (C=O) groups is 1. The van der Waals surface area contributed by atoms with Gasteiger partial charge in [0.1, 0.15) is 0 Å². The average molecular weight is 251 g/mol. The largest absolute Gasteiger partial charge is 0.396 e. The monoisotopic (exact) mass is 251 g/mol. The minimum absolute atomic E-state index is 0.00687. The number of amides is 1. The molecule has 0 spiro atoms. The van der Waals surface area contributed by atoms with Gasteiger partial charge in [-0.1, -0.05) is 18.2 Å². The predicted molar refractivity (Wildman–Crippen MR) is 68.9 cm³/mol. The Bertz CT molecular complexity index is 376. The fourth-order valence-corrected chi connectivity index (χ4v) is 2.32. The van der Waals surface area contributed by atoms with Gasteiger partial charge in [-0.3, -0.25) is 4.79 Å². The highest BCUT2D eigenvalue weighted by Crippen LogP contribution is 2.44. The van der Waals surface area contributed by atoms with E-state index in [1.165, 1.54) is 11.8 Å². The van der Waals surface area contributed by atoms with E-state index in [9.17, 15) is 4.79 Å². The zero-order valence-corrected chi connectivity index (χ0v) is 10.5. The van der Waals surface area contributed by atoms with Crippen molar-refractivity contribution in [3.8, 4) is 0 Å². The molecule has 92 valence electrons. The van der Waals surface area contributed by atoms with Gasteiger partial charge in [0.25, 0.3) is 0 Å². The first-order valence-electron chi connectivity index (χ1n) is 5.80. The quantitative estimate of drug-likeness (QED) is 0.756. The van der Waals surface area contributed by atoms with Gasteiger partial charge in [-0.05, 0) is 25.0 Å². The van der Waals surface area contributed by atoms with Gasteiger partial charge in [0.15, 0.2) is 0 Å². The van der Waals surface area contributed by atoms with Crippen LogP contribution in [0.4, 0.5) is 0 Å². The Kier molecular flexibility index (Phi) is 4.07. The minimum atomic E-state index is -0.00687. The predicted octanol–water partition coefficient (Wildman–Crippen LogP) is 1.67. The van der Waals surface area contributed by atoms with Gasteiger partial charge in [0.05, 0.1) is 12.4 Å². The standard InChI is InChI=1S/C13H17NO2S/c15-10-13(6-7-13)9-14-12(16)8-17-11-4-2-1-3-5-11/h1-5,15H,6-10H2,(H,14,16). The number of aliphatic hydroxyl groups excluding tert-OH is 1. The molecule has 0 aliphatic heterocycles. The van der Waals surface area contributed by atoms with E-state index in [1.807, 2.05) is 30.3 Å². The van der Waals surface area contributed by atoms with Gasteiger partial charge in [-0.2, -0.15) is 0 Å². The molecule has 1 aliphatic carbocycles. The first-order valence-corrected chi connectivity index (χ1v) is 6.78. The van der Waals surface area contributed by atoms with E-state index in [0.717, 1.165) is 17.7 Å². The van der Waals surface area contributed by atoms with Crippen molar-refractivity contribution >= 4 is 17.7 Å². The van der Waals surface area contributed by atoms with Crippen LogP contribution in [0.3, 0.4) is 0 Å². The van der Waals surface area contributed by atoms with Crippen LogP contribution < -0.4 is 5.32 Å². The topological polar surface area (TPSA) is 49.3 Å². The zero-order valence-electron chi connectivity index (χ0n) is 9.69. The smallest absolute Gasteiger partial charge is 0.230 e. The zero-order chi connectivity index (χ0) is 12.1. The third-order valence-corrected chi connectivity index (χ3v) is 4.08. The molecule has 0 atom stereocenters. The normalized spacial score (nSPS) is 16.5. The van der Waals surface area contributed by atoms with E-state index in [0.29, 0.717) is 12.3 Å². The van der Waals surface area contributed by atoms with Crippen LogP contribution in [0.1, 0.15) is 12.8 Å². The Labute approximate surface area is 106 Å². The van der Waals surface area contributed by atoms with Gasteiger partial charge in [0.2, 0.25) is 5.91 Å². The van der Waals surface area contributed by atoms with E-state index >= 15 is 0 Å². The van der Waals surface area contributed by atoms with Crippen molar-refractivity contribution in [2.24, 2.45) is 5.41 Å². The van der Waals surface area contributed by atoms with E-state index in [1.54, 1.807) is 0 Å². The van der Waals surface area contributed by atoms with Crippen molar-refractivity contribution in [3.63, 3.8) is 0 Å². The number of thioether (sulfide) groups is 1. The van der Waals surface area contributed by atoms with E-state index in [4.69, 9.17) is 5.11 Å². The highest BCUT2D eigenvalue weighted by Gasteiger charge is 2.41. The first-order chi connectivity index (χ1) is 8.24. The molecule has 0 saturated heterocycles. The Balaban J connectivity index is 1.68. The van der Waals surface area contributed by atoms with Gasteiger partial charge in [-0.25, -0.2) is 0 Å². The van der Waals surface area contributed by atoms with Crippen LogP contribution in [0.25, 0.3) is 0 Å². The SMILES string of the molecule is O=C(CSc1ccccc1)NCC1(CO)CC1. The summed E-state index contributed by atoms with van der Waals surface area (Å²) in [6.45, 7) is 0.788. The van der Waals surface area contributed by atoms with Crippen LogP contribution in [0, 0.1) is 5.41 Å². The summed E-state index contributed by atoms with van der Waals surface area (Å²) in [5.74, 6) is 0.476. The Hall–Kier alpha value is -1.00. The van der Waals surface area contributed by atoms with Crippen LogP contribution in [0.5, 0.6) is 0 Å². The third kappa shape index (κ3) is 3.75. The maximum atomic E-state index is 11.6. The third-order valence-electron chi connectivity index (χ3n) is 3.07. The number of benzene rings is 1. The molecule has 0 radical (unpaired) electrons. The molecule has 0 aromatic heterocycles. The maximum Gasteiger partial charge on any atom is 0.230 e. The van der Waals surface area contributed by atoms with Crippen LogP contribution in [0.15, 0.2) is 35.2 Å². The molecule has 1 aromatic carbocycles. The average Bonchev–Trinajstić information content (AvgIpc) is 3.16. The molecule has 1 fully saturated rings. The van der Waals surface area contributed by atoms with Crippen molar-refractivity contribution in [3.05, 3.63) is 30.3 Å². The van der Waals surface area contributed by atoms with Gasteiger partial charge >= 0.3 is 0 Å². The Morgan fingerprint density at radius 3 is 2.65 bits per heavy atom. The lowest BCUT2D eigenvalue weighted by Crippen LogP contribution is -2.32. The summed E-state index contributed by atoms with van der Waals surface area (Å²) < 4.78 is 0. The second-order valence-corrected chi connectivity index (χ2v) is 5.59. The fraction of sp³-hybridized carbons (Fsp3) is 0.462. The summed E-state index contributed by atoms with van der Waals surface area (Å²) in [5, 5.41) is 12.0. The highest BCUT2D eigenvalue weighted by atomic mass is 32.2. The van der Waals surface area contributed by atoms with Crippen LogP contribution in [-0.2, 0) is 4.79 Å². The molecule has 4 heteroatoms. The lowest BCUT2D eigenvalue weighted by atomic mass is 10.1. The van der Waals surface area contributed by atoms with Gasteiger partial charge in [-0.15, -0.1) is 11.8 Å². The molecule has 0 heterocycles. The molecule has 0 bridgehead atoms.